The van der Waals surface area contributed by atoms with Crippen molar-refractivity contribution in [2.75, 3.05) is 19.7 Å². The molecule has 1 saturated heterocycles. The number of rotatable bonds is 2. The van der Waals surface area contributed by atoms with E-state index in [0.29, 0.717) is 13.2 Å². The van der Waals surface area contributed by atoms with E-state index in [-0.39, 0.29) is 18.4 Å². The fraction of sp³-hybridized carbons (Fsp3) is 0.500. The number of carboxylic acids is 1. The average Bonchev–Trinajstić information content (AvgIpc) is 2.88. The fourth-order valence-corrected chi connectivity index (χ4v) is 3.23. The molecule has 0 aromatic heterocycles. The first-order valence-corrected chi connectivity index (χ1v) is 7.29. The molecule has 3 atom stereocenters. The van der Waals surface area contributed by atoms with Crippen LogP contribution in [-0.4, -0.2) is 41.6 Å². The maximum absolute atomic E-state index is 12.7. The Morgan fingerprint density at radius 3 is 2.76 bits per heavy atom. The Balaban J connectivity index is 1.80. The molecule has 0 bridgehead atoms. The summed E-state index contributed by atoms with van der Waals surface area (Å²) in [6, 6.07) is 7.81. The number of carbonyl (C=O) groups is 2. The van der Waals surface area contributed by atoms with Gasteiger partial charge in [-0.1, -0.05) is 31.2 Å². The lowest BCUT2D eigenvalue weighted by Crippen LogP contribution is -2.37. The second-order valence-corrected chi connectivity index (χ2v) is 5.86. The SMILES string of the molecule is C[C@@H]1CN(C(=O)C2OCCc3ccccc32)C[C@H]1C(=O)O. The van der Waals surface area contributed by atoms with E-state index in [1.54, 1.807) is 4.90 Å². The van der Waals surface area contributed by atoms with Gasteiger partial charge in [-0.15, -0.1) is 0 Å². The van der Waals surface area contributed by atoms with Crippen LogP contribution in [0.5, 0.6) is 0 Å². The van der Waals surface area contributed by atoms with E-state index in [1.165, 1.54) is 0 Å². The molecule has 0 aliphatic carbocycles. The van der Waals surface area contributed by atoms with Gasteiger partial charge in [0.2, 0.25) is 0 Å². The zero-order valence-electron chi connectivity index (χ0n) is 12.0. The van der Waals surface area contributed by atoms with Gasteiger partial charge in [0.1, 0.15) is 0 Å². The minimum absolute atomic E-state index is 0.0229. The van der Waals surface area contributed by atoms with Crippen LogP contribution >= 0.6 is 0 Å². The molecule has 2 aliphatic heterocycles. The number of hydrogen-bond donors (Lipinski definition) is 1. The number of fused-ring (bicyclic) bond motifs is 1. The zero-order valence-corrected chi connectivity index (χ0v) is 12.0. The first-order valence-electron chi connectivity index (χ1n) is 7.29. The lowest BCUT2D eigenvalue weighted by molar-refractivity contribution is -0.145. The molecular formula is C16H19NO4. The van der Waals surface area contributed by atoms with Crippen molar-refractivity contribution in [1.82, 2.24) is 4.90 Å². The van der Waals surface area contributed by atoms with Gasteiger partial charge in [0.05, 0.1) is 12.5 Å². The normalized spacial score (nSPS) is 28.2. The van der Waals surface area contributed by atoms with Crippen molar-refractivity contribution in [3.63, 3.8) is 0 Å². The van der Waals surface area contributed by atoms with Gasteiger partial charge in [-0.05, 0) is 23.5 Å². The monoisotopic (exact) mass is 289 g/mol. The van der Waals surface area contributed by atoms with Gasteiger partial charge >= 0.3 is 5.97 Å². The second kappa shape index (κ2) is 5.48. The molecule has 2 heterocycles. The van der Waals surface area contributed by atoms with Crippen molar-refractivity contribution in [3.05, 3.63) is 35.4 Å². The van der Waals surface area contributed by atoms with Crippen LogP contribution in [0.15, 0.2) is 24.3 Å². The number of benzene rings is 1. The smallest absolute Gasteiger partial charge is 0.308 e. The summed E-state index contributed by atoms with van der Waals surface area (Å²) in [5.41, 5.74) is 2.06. The van der Waals surface area contributed by atoms with Crippen LogP contribution in [0.2, 0.25) is 0 Å². The number of ether oxygens (including phenoxy) is 1. The average molecular weight is 289 g/mol. The van der Waals surface area contributed by atoms with E-state index < -0.39 is 18.0 Å². The molecular weight excluding hydrogens is 270 g/mol. The van der Waals surface area contributed by atoms with E-state index in [2.05, 4.69) is 0 Å². The minimum atomic E-state index is -0.831. The summed E-state index contributed by atoms with van der Waals surface area (Å²) >= 11 is 0. The van der Waals surface area contributed by atoms with Gasteiger partial charge in [-0.3, -0.25) is 9.59 Å². The highest BCUT2D eigenvalue weighted by Crippen LogP contribution is 2.31. The molecule has 3 rings (SSSR count). The van der Waals surface area contributed by atoms with Gasteiger partial charge in [-0.25, -0.2) is 0 Å². The Hall–Kier alpha value is -1.88. The summed E-state index contributed by atoms with van der Waals surface area (Å²) in [5, 5.41) is 9.18. The van der Waals surface area contributed by atoms with Gasteiger partial charge in [0.15, 0.2) is 6.10 Å². The number of nitrogens with zero attached hydrogens (tertiary/aromatic N) is 1. The van der Waals surface area contributed by atoms with Crippen molar-refractivity contribution < 1.29 is 19.4 Å². The molecule has 112 valence electrons. The third-order valence-electron chi connectivity index (χ3n) is 4.46. The third-order valence-corrected chi connectivity index (χ3v) is 4.46. The molecule has 0 radical (unpaired) electrons. The molecule has 2 aliphatic rings. The number of likely N-dealkylation sites (tertiary alicyclic amines) is 1. The number of carbonyl (C=O) groups excluding carboxylic acids is 1. The van der Waals surface area contributed by atoms with Crippen molar-refractivity contribution in [2.24, 2.45) is 11.8 Å². The Kier molecular flexibility index (Phi) is 3.68. The lowest BCUT2D eigenvalue weighted by atomic mass is 9.97. The van der Waals surface area contributed by atoms with Gasteiger partial charge < -0.3 is 14.7 Å². The summed E-state index contributed by atoms with van der Waals surface area (Å²) in [5.74, 6) is -1.45. The van der Waals surface area contributed by atoms with E-state index in [0.717, 1.165) is 17.5 Å². The number of aliphatic carboxylic acids is 1. The highest BCUT2D eigenvalue weighted by atomic mass is 16.5. The topological polar surface area (TPSA) is 66.8 Å². The molecule has 5 heteroatoms. The van der Waals surface area contributed by atoms with Gasteiger partial charge in [0, 0.05) is 13.1 Å². The van der Waals surface area contributed by atoms with E-state index in [9.17, 15) is 14.7 Å². The predicted octanol–water partition coefficient (Wildman–Crippen LogP) is 1.48. The first-order chi connectivity index (χ1) is 10.1. The van der Waals surface area contributed by atoms with E-state index in [1.807, 2.05) is 31.2 Å². The Labute approximate surface area is 123 Å². The lowest BCUT2D eigenvalue weighted by Gasteiger charge is -2.28. The molecule has 1 aromatic carbocycles. The van der Waals surface area contributed by atoms with Crippen LogP contribution in [0.1, 0.15) is 24.2 Å². The second-order valence-electron chi connectivity index (χ2n) is 5.86. The molecule has 1 aromatic rings. The van der Waals surface area contributed by atoms with Crippen molar-refractivity contribution in [2.45, 2.75) is 19.4 Å². The van der Waals surface area contributed by atoms with Crippen LogP contribution in [0.25, 0.3) is 0 Å². The molecule has 1 amide bonds. The van der Waals surface area contributed by atoms with Crippen LogP contribution < -0.4 is 0 Å². The Morgan fingerprint density at radius 2 is 2.05 bits per heavy atom. The molecule has 0 saturated carbocycles. The molecule has 1 N–H and O–H groups in total. The van der Waals surface area contributed by atoms with Gasteiger partial charge in [-0.2, -0.15) is 0 Å². The van der Waals surface area contributed by atoms with Crippen LogP contribution in [0.3, 0.4) is 0 Å². The highest BCUT2D eigenvalue weighted by molar-refractivity contribution is 5.84. The maximum atomic E-state index is 12.7. The van der Waals surface area contributed by atoms with Crippen molar-refractivity contribution in [3.8, 4) is 0 Å². The van der Waals surface area contributed by atoms with E-state index in [4.69, 9.17) is 4.74 Å². The number of hydrogen-bond acceptors (Lipinski definition) is 3. The minimum Gasteiger partial charge on any atom is -0.481 e. The summed E-state index contributed by atoms with van der Waals surface area (Å²) in [6.07, 6.45) is 0.225. The fourth-order valence-electron chi connectivity index (χ4n) is 3.23. The van der Waals surface area contributed by atoms with Crippen molar-refractivity contribution >= 4 is 11.9 Å². The molecule has 21 heavy (non-hydrogen) atoms. The molecule has 5 nitrogen and oxygen atoms in total. The van der Waals surface area contributed by atoms with Gasteiger partial charge in [0.25, 0.3) is 5.91 Å². The predicted molar refractivity (Wildman–Crippen MR) is 75.7 cm³/mol. The third kappa shape index (κ3) is 2.53. The van der Waals surface area contributed by atoms with Crippen LogP contribution in [0, 0.1) is 11.8 Å². The molecule has 1 unspecified atom stereocenters. The summed E-state index contributed by atoms with van der Waals surface area (Å²) < 4.78 is 5.67. The highest BCUT2D eigenvalue weighted by Gasteiger charge is 2.40. The Morgan fingerprint density at radius 1 is 1.29 bits per heavy atom. The number of carboxylic acid groups (broad SMARTS) is 1. The standard InChI is InChI=1S/C16H19NO4/c1-10-8-17(9-13(10)16(19)20)15(18)14-12-5-3-2-4-11(12)6-7-21-14/h2-5,10,13-14H,6-9H2,1H3,(H,19,20)/t10-,13-,14?/m1/s1. The van der Waals surface area contributed by atoms with Crippen LogP contribution in [-0.2, 0) is 20.7 Å². The van der Waals surface area contributed by atoms with E-state index >= 15 is 0 Å². The number of amides is 1. The maximum Gasteiger partial charge on any atom is 0.308 e. The quantitative estimate of drug-likeness (QED) is 0.895. The zero-order chi connectivity index (χ0) is 15.0. The molecule has 0 spiro atoms. The first kappa shape index (κ1) is 14.1. The Bertz CT molecular complexity index is 571. The summed E-state index contributed by atoms with van der Waals surface area (Å²) in [7, 11) is 0. The van der Waals surface area contributed by atoms with Crippen LogP contribution in [0.4, 0.5) is 0 Å². The molecule has 1 fully saturated rings. The van der Waals surface area contributed by atoms with Crippen molar-refractivity contribution in [1.29, 1.82) is 0 Å². The summed E-state index contributed by atoms with van der Waals surface area (Å²) in [4.78, 5) is 25.5. The largest absolute Gasteiger partial charge is 0.481 e. The summed E-state index contributed by atoms with van der Waals surface area (Å²) in [6.45, 7) is 3.16.